The topological polar surface area (TPSA) is 138 Å². The summed E-state index contributed by atoms with van der Waals surface area (Å²) in [5.41, 5.74) is 8.93. The highest BCUT2D eigenvalue weighted by Gasteiger charge is 2.23. The summed E-state index contributed by atoms with van der Waals surface area (Å²) in [4.78, 5) is 32.4. The Morgan fingerprint density at radius 1 is 1.10 bits per heavy atom. The quantitative estimate of drug-likeness (QED) is 0.517. The second-order valence-corrected chi connectivity index (χ2v) is 8.29. The van der Waals surface area contributed by atoms with Crippen molar-refractivity contribution in [2.75, 3.05) is 23.3 Å². The average molecular weight is 410 g/mol. The predicted octanol–water partition coefficient (Wildman–Crippen LogP) is 1.74. The molecule has 1 amide bonds. The molecule has 0 atom stereocenters. The first kappa shape index (κ1) is 18.9. The number of amides is 1. The van der Waals surface area contributed by atoms with E-state index in [1.807, 2.05) is 6.07 Å². The van der Waals surface area contributed by atoms with Gasteiger partial charge in [0.25, 0.3) is 5.91 Å². The third-order valence-electron chi connectivity index (χ3n) is 6.19. The van der Waals surface area contributed by atoms with Crippen molar-refractivity contribution in [3.63, 3.8) is 0 Å². The molecule has 1 aliphatic heterocycles. The Labute approximate surface area is 172 Å². The van der Waals surface area contributed by atoms with E-state index < -0.39 is 0 Å². The number of fused-ring (bicyclic) bond motifs is 1. The summed E-state index contributed by atoms with van der Waals surface area (Å²) in [5, 5.41) is 11.3. The third-order valence-corrected chi connectivity index (χ3v) is 6.19. The minimum absolute atomic E-state index is 0.236. The van der Waals surface area contributed by atoms with Crippen molar-refractivity contribution in [2.45, 2.75) is 50.6 Å². The molecule has 2 aromatic heterocycles. The summed E-state index contributed by atoms with van der Waals surface area (Å²) in [6.45, 7) is 1.84. The van der Waals surface area contributed by atoms with Crippen LogP contribution in [0.25, 0.3) is 11.0 Å². The second kappa shape index (κ2) is 7.60. The summed E-state index contributed by atoms with van der Waals surface area (Å²) in [6, 6.07) is 4.20. The van der Waals surface area contributed by atoms with Crippen LogP contribution in [0.2, 0.25) is 0 Å². The molecule has 5 N–H and O–H groups in total. The smallest absolute Gasteiger partial charge is 0.323 e. The van der Waals surface area contributed by atoms with Gasteiger partial charge in [-0.25, -0.2) is 9.48 Å². The number of benzene rings is 1. The van der Waals surface area contributed by atoms with Gasteiger partial charge in [0.15, 0.2) is 5.69 Å². The Balaban J connectivity index is 1.40. The molecule has 1 aromatic carbocycles. The normalized spacial score (nSPS) is 22.0. The Kier molecular flexibility index (Phi) is 4.78. The van der Waals surface area contributed by atoms with Gasteiger partial charge in [-0.3, -0.25) is 4.79 Å². The molecule has 3 heterocycles. The Hall–Kier alpha value is -3.14. The molecule has 0 unspecified atom stereocenters. The van der Waals surface area contributed by atoms with Crippen molar-refractivity contribution < 1.29 is 4.79 Å². The van der Waals surface area contributed by atoms with Gasteiger partial charge in [-0.05, 0) is 50.7 Å². The number of imidazole rings is 1. The maximum Gasteiger partial charge on any atom is 0.323 e. The van der Waals surface area contributed by atoms with Gasteiger partial charge in [0, 0.05) is 19.1 Å². The SMILES string of the molecule is NC1CCC(n2cc(C(=O)Nc3cc4[nH]c(=O)[nH]c4cc3N3CCCC3)nn2)CC1. The van der Waals surface area contributed by atoms with Crippen LogP contribution in [-0.2, 0) is 0 Å². The van der Waals surface area contributed by atoms with Gasteiger partial charge in [0.05, 0.1) is 34.6 Å². The highest BCUT2D eigenvalue weighted by Crippen LogP contribution is 2.32. The van der Waals surface area contributed by atoms with Gasteiger partial charge >= 0.3 is 5.69 Å². The number of carbonyl (C=O) groups excluding carboxylic acids is 1. The molecule has 10 nitrogen and oxygen atoms in total. The van der Waals surface area contributed by atoms with E-state index >= 15 is 0 Å². The molecule has 5 rings (SSSR count). The van der Waals surface area contributed by atoms with Crippen LogP contribution >= 0.6 is 0 Å². The Bertz CT molecular complexity index is 1120. The average Bonchev–Trinajstić information content (AvgIpc) is 3.48. The number of hydrogen-bond donors (Lipinski definition) is 4. The highest BCUT2D eigenvalue weighted by atomic mass is 16.2. The Morgan fingerprint density at radius 3 is 2.53 bits per heavy atom. The number of rotatable bonds is 4. The fourth-order valence-electron chi connectivity index (χ4n) is 4.50. The molecule has 158 valence electrons. The summed E-state index contributed by atoms with van der Waals surface area (Å²) in [5.74, 6) is -0.313. The number of nitrogens with one attached hydrogen (secondary N) is 3. The van der Waals surface area contributed by atoms with Crippen LogP contribution < -0.4 is 21.6 Å². The van der Waals surface area contributed by atoms with Gasteiger partial charge < -0.3 is 25.9 Å². The van der Waals surface area contributed by atoms with Crippen molar-refractivity contribution in [2.24, 2.45) is 5.73 Å². The zero-order chi connectivity index (χ0) is 20.7. The molecule has 0 bridgehead atoms. The minimum atomic E-state index is -0.313. The van der Waals surface area contributed by atoms with Crippen LogP contribution in [0.4, 0.5) is 11.4 Å². The molecule has 30 heavy (non-hydrogen) atoms. The second-order valence-electron chi connectivity index (χ2n) is 8.29. The lowest BCUT2D eigenvalue weighted by atomic mass is 9.92. The lowest BCUT2D eigenvalue weighted by molar-refractivity contribution is 0.102. The van der Waals surface area contributed by atoms with Crippen molar-refractivity contribution in [3.8, 4) is 0 Å². The van der Waals surface area contributed by atoms with E-state index in [-0.39, 0.29) is 29.4 Å². The maximum absolute atomic E-state index is 12.9. The number of anilines is 2. The number of aromatic nitrogens is 5. The van der Waals surface area contributed by atoms with E-state index in [0.717, 1.165) is 62.8 Å². The van der Waals surface area contributed by atoms with E-state index in [0.29, 0.717) is 11.2 Å². The molecular weight excluding hydrogens is 384 g/mol. The fourth-order valence-corrected chi connectivity index (χ4v) is 4.50. The van der Waals surface area contributed by atoms with Gasteiger partial charge in [0.1, 0.15) is 0 Å². The molecule has 0 radical (unpaired) electrons. The van der Waals surface area contributed by atoms with Gasteiger partial charge in [0.2, 0.25) is 0 Å². The van der Waals surface area contributed by atoms with Crippen molar-refractivity contribution in [1.29, 1.82) is 0 Å². The summed E-state index contributed by atoms with van der Waals surface area (Å²) in [6.07, 6.45) is 7.73. The molecule has 2 fully saturated rings. The van der Waals surface area contributed by atoms with Gasteiger partial charge in [-0.2, -0.15) is 0 Å². The van der Waals surface area contributed by atoms with Crippen molar-refractivity contribution in [1.82, 2.24) is 25.0 Å². The number of nitrogens with two attached hydrogens (primary N) is 1. The molecule has 3 aromatic rings. The number of carbonyl (C=O) groups is 1. The molecule has 2 aliphatic rings. The molecule has 0 spiro atoms. The number of hydrogen-bond acceptors (Lipinski definition) is 6. The first-order valence-corrected chi connectivity index (χ1v) is 10.6. The maximum atomic E-state index is 12.9. The Morgan fingerprint density at radius 2 is 1.80 bits per heavy atom. The van der Waals surface area contributed by atoms with E-state index in [2.05, 4.69) is 30.5 Å². The lowest BCUT2D eigenvalue weighted by Crippen LogP contribution is -2.28. The van der Waals surface area contributed by atoms with E-state index in [4.69, 9.17) is 5.73 Å². The van der Waals surface area contributed by atoms with E-state index in [1.165, 1.54) is 0 Å². The van der Waals surface area contributed by atoms with Crippen LogP contribution in [0.1, 0.15) is 55.1 Å². The third kappa shape index (κ3) is 3.58. The summed E-state index contributed by atoms with van der Waals surface area (Å²) in [7, 11) is 0. The molecule has 10 heteroatoms. The van der Waals surface area contributed by atoms with Crippen LogP contribution in [0.5, 0.6) is 0 Å². The number of aromatic amines is 2. The fraction of sp³-hybridized carbons (Fsp3) is 0.500. The summed E-state index contributed by atoms with van der Waals surface area (Å²) < 4.78 is 1.79. The standard InChI is InChI=1S/C20H26N8O2/c21-12-3-5-13(6-4-12)28-11-17(25-26-28)19(29)22-16-9-14-15(24-20(30)23-14)10-18(16)27-7-1-2-8-27/h9-13H,1-8,21H2,(H,22,29)(H2,23,24,30). The van der Waals surface area contributed by atoms with Crippen LogP contribution in [0.15, 0.2) is 23.1 Å². The molecule has 1 aliphatic carbocycles. The van der Waals surface area contributed by atoms with E-state index in [9.17, 15) is 9.59 Å². The van der Waals surface area contributed by atoms with Gasteiger partial charge in [-0.15, -0.1) is 5.10 Å². The molecular formula is C20H26N8O2. The van der Waals surface area contributed by atoms with Gasteiger partial charge in [-0.1, -0.05) is 5.21 Å². The zero-order valence-corrected chi connectivity index (χ0v) is 16.7. The van der Waals surface area contributed by atoms with Crippen molar-refractivity contribution in [3.05, 3.63) is 34.5 Å². The largest absolute Gasteiger partial charge is 0.370 e. The first-order chi connectivity index (χ1) is 14.6. The monoisotopic (exact) mass is 410 g/mol. The van der Waals surface area contributed by atoms with E-state index in [1.54, 1.807) is 16.9 Å². The zero-order valence-electron chi connectivity index (χ0n) is 16.7. The minimum Gasteiger partial charge on any atom is -0.370 e. The molecule has 1 saturated heterocycles. The van der Waals surface area contributed by atoms with Crippen LogP contribution in [-0.4, -0.2) is 50.0 Å². The first-order valence-electron chi connectivity index (χ1n) is 10.6. The predicted molar refractivity (Wildman–Crippen MR) is 114 cm³/mol. The molecule has 1 saturated carbocycles. The number of nitrogens with zero attached hydrogens (tertiary/aromatic N) is 4. The van der Waals surface area contributed by atoms with Crippen LogP contribution in [0.3, 0.4) is 0 Å². The van der Waals surface area contributed by atoms with Crippen molar-refractivity contribution >= 4 is 28.3 Å². The number of H-pyrrole nitrogens is 2. The lowest BCUT2D eigenvalue weighted by Gasteiger charge is -2.25. The summed E-state index contributed by atoms with van der Waals surface area (Å²) >= 11 is 0. The van der Waals surface area contributed by atoms with Crippen LogP contribution in [0, 0.1) is 0 Å². The highest BCUT2D eigenvalue weighted by molar-refractivity contribution is 6.06.